The zero-order valence-electron chi connectivity index (χ0n) is 13.4. The number of hydrogen-bond donors (Lipinski definition) is 1. The second kappa shape index (κ2) is 6.50. The van der Waals surface area contributed by atoms with Gasteiger partial charge in [0.1, 0.15) is 5.82 Å². The Morgan fingerprint density at radius 1 is 1.15 bits per heavy atom. The maximum atomic E-state index is 12.9. The fourth-order valence-electron chi connectivity index (χ4n) is 2.86. The van der Waals surface area contributed by atoms with Gasteiger partial charge in [0, 0.05) is 24.6 Å². The summed E-state index contributed by atoms with van der Waals surface area (Å²) in [6.07, 6.45) is 0. The molecule has 2 N–H and O–H groups in total. The maximum absolute atomic E-state index is 12.9. The summed E-state index contributed by atoms with van der Waals surface area (Å²) in [6, 6.07) is 15.6. The molecule has 1 atom stereocenters. The molecule has 132 valence electrons. The van der Waals surface area contributed by atoms with E-state index >= 15 is 0 Å². The van der Waals surface area contributed by atoms with E-state index in [0.717, 1.165) is 34.1 Å². The second-order valence-corrected chi connectivity index (χ2v) is 7.52. The van der Waals surface area contributed by atoms with Crippen molar-refractivity contribution in [3.63, 3.8) is 0 Å². The lowest BCUT2D eigenvalue weighted by Gasteiger charge is -2.20. The zero-order valence-corrected chi connectivity index (χ0v) is 14.3. The van der Waals surface area contributed by atoms with Crippen LogP contribution in [0.5, 0.6) is 0 Å². The third-order valence-corrected chi connectivity index (χ3v) is 5.99. The Labute approximate surface area is 150 Å². The fourth-order valence-corrected chi connectivity index (χ4v) is 4.29. The normalized spacial score (nSPS) is 17.2. The number of rotatable bonds is 4. The van der Waals surface area contributed by atoms with Crippen LogP contribution in [-0.2, 0) is 10.0 Å². The highest BCUT2D eigenvalue weighted by molar-refractivity contribution is 7.89. The SMILES string of the molecule is N#CC1=C(N)N(S(=O)(=O)c2ccc([N+](=O)[O-])cc2)CC1c1ccccc1. The molecule has 0 bridgehead atoms. The van der Waals surface area contributed by atoms with E-state index in [4.69, 9.17) is 5.73 Å². The summed E-state index contributed by atoms with van der Waals surface area (Å²) >= 11 is 0. The predicted octanol–water partition coefficient (Wildman–Crippen LogP) is 2.08. The van der Waals surface area contributed by atoms with Crippen molar-refractivity contribution in [2.75, 3.05) is 6.54 Å². The zero-order chi connectivity index (χ0) is 18.9. The summed E-state index contributed by atoms with van der Waals surface area (Å²) in [7, 11) is -4.04. The molecule has 0 spiro atoms. The van der Waals surface area contributed by atoms with Crippen LogP contribution in [0.3, 0.4) is 0 Å². The quantitative estimate of drug-likeness (QED) is 0.647. The van der Waals surface area contributed by atoms with Crippen molar-refractivity contribution in [2.45, 2.75) is 10.8 Å². The highest BCUT2D eigenvalue weighted by atomic mass is 32.2. The van der Waals surface area contributed by atoms with Crippen LogP contribution in [0.15, 0.2) is 70.9 Å². The molecule has 2 aromatic rings. The van der Waals surface area contributed by atoms with Crippen LogP contribution in [0, 0.1) is 21.4 Å². The van der Waals surface area contributed by atoms with Crippen LogP contribution in [0.25, 0.3) is 0 Å². The molecule has 0 saturated heterocycles. The van der Waals surface area contributed by atoms with Crippen molar-refractivity contribution >= 4 is 15.7 Å². The Morgan fingerprint density at radius 3 is 2.31 bits per heavy atom. The molecule has 0 fully saturated rings. The lowest BCUT2D eigenvalue weighted by molar-refractivity contribution is -0.384. The number of benzene rings is 2. The van der Waals surface area contributed by atoms with Gasteiger partial charge in [0.15, 0.2) is 0 Å². The number of nitrogens with zero attached hydrogens (tertiary/aromatic N) is 3. The first-order valence-corrected chi connectivity index (χ1v) is 9.02. The minimum absolute atomic E-state index is 0.00192. The van der Waals surface area contributed by atoms with E-state index in [-0.39, 0.29) is 28.5 Å². The molecule has 0 saturated carbocycles. The molecule has 2 aromatic carbocycles. The Kier molecular flexibility index (Phi) is 4.36. The van der Waals surface area contributed by atoms with Crippen molar-refractivity contribution in [3.05, 3.63) is 81.7 Å². The number of sulfonamides is 1. The van der Waals surface area contributed by atoms with Crippen molar-refractivity contribution < 1.29 is 13.3 Å². The van der Waals surface area contributed by atoms with Gasteiger partial charge in [0.05, 0.1) is 21.5 Å². The van der Waals surface area contributed by atoms with Gasteiger partial charge in [0.2, 0.25) is 0 Å². The number of nitro groups is 1. The van der Waals surface area contributed by atoms with Gasteiger partial charge >= 0.3 is 0 Å². The Bertz CT molecular complexity index is 1020. The number of nitriles is 1. The first-order chi connectivity index (χ1) is 12.4. The summed E-state index contributed by atoms with van der Waals surface area (Å²) in [5.41, 5.74) is 6.71. The number of nitrogens with two attached hydrogens (primary N) is 1. The van der Waals surface area contributed by atoms with Gasteiger partial charge in [0.25, 0.3) is 15.7 Å². The molecule has 8 nitrogen and oxygen atoms in total. The van der Waals surface area contributed by atoms with Gasteiger partial charge in [-0.3, -0.25) is 14.4 Å². The highest BCUT2D eigenvalue weighted by Crippen LogP contribution is 2.36. The molecular formula is C17H14N4O4S. The minimum atomic E-state index is -4.04. The monoisotopic (exact) mass is 370 g/mol. The van der Waals surface area contributed by atoms with E-state index in [1.165, 1.54) is 0 Å². The van der Waals surface area contributed by atoms with Gasteiger partial charge in [-0.25, -0.2) is 8.42 Å². The van der Waals surface area contributed by atoms with E-state index in [0.29, 0.717) is 0 Å². The standard InChI is InChI=1S/C17H14N4O4S/c18-10-15-16(12-4-2-1-3-5-12)11-20(17(15)19)26(24,25)14-8-6-13(7-9-14)21(22)23/h1-9,16H,11,19H2. The van der Waals surface area contributed by atoms with Crippen LogP contribution >= 0.6 is 0 Å². The first-order valence-electron chi connectivity index (χ1n) is 7.58. The van der Waals surface area contributed by atoms with Crippen molar-refractivity contribution in [1.82, 2.24) is 4.31 Å². The summed E-state index contributed by atoms with van der Waals surface area (Å²) < 4.78 is 26.8. The topological polar surface area (TPSA) is 130 Å². The van der Waals surface area contributed by atoms with Gasteiger partial charge in [-0.05, 0) is 17.7 Å². The fraction of sp³-hybridized carbons (Fsp3) is 0.118. The van der Waals surface area contributed by atoms with E-state index < -0.39 is 20.9 Å². The smallest absolute Gasteiger partial charge is 0.269 e. The summed E-state index contributed by atoms with van der Waals surface area (Å²) in [4.78, 5) is 9.99. The van der Waals surface area contributed by atoms with Crippen LogP contribution < -0.4 is 5.73 Å². The van der Waals surface area contributed by atoms with Crippen molar-refractivity contribution in [2.24, 2.45) is 5.73 Å². The Hall–Kier alpha value is -3.38. The second-order valence-electron chi connectivity index (χ2n) is 5.66. The van der Waals surface area contributed by atoms with E-state index in [1.54, 1.807) is 24.3 Å². The molecule has 1 aliphatic heterocycles. The van der Waals surface area contributed by atoms with Gasteiger partial charge in [-0.15, -0.1) is 0 Å². The number of hydrogen-bond acceptors (Lipinski definition) is 6. The average Bonchev–Trinajstić information content (AvgIpc) is 2.99. The minimum Gasteiger partial charge on any atom is -0.384 e. The molecule has 0 aliphatic carbocycles. The lowest BCUT2D eigenvalue weighted by Crippen LogP contribution is -2.32. The van der Waals surface area contributed by atoms with Crippen LogP contribution in [-0.4, -0.2) is 24.2 Å². The van der Waals surface area contributed by atoms with Crippen LogP contribution in [0.1, 0.15) is 11.5 Å². The molecule has 1 heterocycles. The van der Waals surface area contributed by atoms with Gasteiger partial charge in [-0.1, -0.05) is 30.3 Å². The largest absolute Gasteiger partial charge is 0.384 e. The molecule has 1 aliphatic rings. The maximum Gasteiger partial charge on any atom is 0.269 e. The van der Waals surface area contributed by atoms with Gasteiger partial charge in [-0.2, -0.15) is 5.26 Å². The Balaban J connectivity index is 2.00. The molecule has 0 aromatic heterocycles. The molecule has 0 amide bonds. The summed E-state index contributed by atoms with van der Waals surface area (Å²) in [5, 5.41) is 20.2. The van der Waals surface area contributed by atoms with Crippen LogP contribution in [0.2, 0.25) is 0 Å². The molecule has 26 heavy (non-hydrogen) atoms. The third-order valence-electron chi connectivity index (χ3n) is 4.20. The molecule has 9 heteroatoms. The first kappa shape index (κ1) is 17.4. The third kappa shape index (κ3) is 2.87. The highest BCUT2D eigenvalue weighted by Gasteiger charge is 2.38. The predicted molar refractivity (Wildman–Crippen MR) is 93.0 cm³/mol. The average molecular weight is 370 g/mol. The van der Waals surface area contributed by atoms with E-state index in [1.807, 2.05) is 12.1 Å². The Morgan fingerprint density at radius 2 is 1.77 bits per heavy atom. The molecule has 1 unspecified atom stereocenters. The summed E-state index contributed by atoms with van der Waals surface area (Å²) in [6.45, 7) is -0.00192. The van der Waals surface area contributed by atoms with Crippen LogP contribution in [0.4, 0.5) is 5.69 Å². The molecular weight excluding hydrogens is 356 g/mol. The molecule has 3 rings (SSSR count). The number of nitro benzene ring substituents is 1. The lowest BCUT2D eigenvalue weighted by atomic mass is 9.94. The van der Waals surface area contributed by atoms with E-state index in [9.17, 15) is 23.8 Å². The van der Waals surface area contributed by atoms with E-state index in [2.05, 4.69) is 0 Å². The van der Waals surface area contributed by atoms with Crippen molar-refractivity contribution in [1.29, 1.82) is 5.26 Å². The molecule has 0 radical (unpaired) electrons. The van der Waals surface area contributed by atoms with Gasteiger partial charge < -0.3 is 5.73 Å². The summed E-state index contributed by atoms with van der Waals surface area (Å²) in [5.74, 6) is -0.589. The number of non-ortho nitro benzene ring substituents is 1. The van der Waals surface area contributed by atoms with Crippen molar-refractivity contribution in [3.8, 4) is 6.07 Å².